The third-order valence-corrected chi connectivity index (χ3v) is 3.70. The fraction of sp³-hybridized carbons (Fsp3) is 0.263. The minimum absolute atomic E-state index is 0.0919. The smallest absolute Gasteiger partial charge is 0.254 e. The molecule has 0 atom stereocenters. The lowest BCUT2D eigenvalue weighted by atomic mass is 10.2. The van der Waals surface area contributed by atoms with Crippen LogP contribution in [0.4, 0.5) is 4.39 Å². The summed E-state index contributed by atoms with van der Waals surface area (Å²) in [6.45, 7) is 0.433. The number of likely N-dealkylation sites (N-methyl/N-ethyl adjacent to an activating group) is 1. The number of ether oxygens (including phenoxy) is 2. The Morgan fingerprint density at radius 2 is 1.73 bits per heavy atom. The first-order valence-corrected chi connectivity index (χ1v) is 8.05. The summed E-state index contributed by atoms with van der Waals surface area (Å²) in [7, 11) is 3.19. The fourth-order valence-electron chi connectivity index (χ4n) is 2.13. The maximum absolute atomic E-state index is 13.5. The van der Waals surface area contributed by atoms with Crippen LogP contribution in [0.2, 0.25) is 0 Å². The maximum Gasteiger partial charge on any atom is 0.254 e. The molecule has 1 N–H and O–H groups in total. The molecule has 2 aromatic rings. The molecule has 6 nitrogen and oxygen atoms in total. The molecule has 0 saturated heterocycles. The molecule has 2 rings (SSSR count). The highest BCUT2D eigenvalue weighted by molar-refractivity contribution is 5.96. The molecular weight excluding hydrogens is 339 g/mol. The first-order chi connectivity index (χ1) is 12.5. The van der Waals surface area contributed by atoms with Gasteiger partial charge in [0.25, 0.3) is 5.91 Å². The average Bonchev–Trinajstić information content (AvgIpc) is 2.66. The Morgan fingerprint density at radius 3 is 2.38 bits per heavy atom. The lowest BCUT2D eigenvalue weighted by molar-refractivity contribution is -0.129. The van der Waals surface area contributed by atoms with Crippen molar-refractivity contribution in [2.75, 3.05) is 33.9 Å². The molecule has 0 bridgehead atoms. The Kier molecular flexibility index (Phi) is 6.96. The van der Waals surface area contributed by atoms with Crippen LogP contribution in [0, 0.1) is 5.82 Å². The molecule has 26 heavy (non-hydrogen) atoms. The minimum atomic E-state index is -0.626. The Bertz CT molecular complexity index is 749. The highest BCUT2D eigenvalue weighted by Crippen LogP contribution is 2.16. The zero-order valence-corrected chi connectivity index (χ0v) is 14.7. The zero-order valence-electron chi connectivity index (χ0n) is 14.7. The van der Waals surface area contributed by atoms with E-state index in [4.69, 9.17) is 9.47 Å². The van der Waals surface area contributed by atoms with E-state index in [2.05, 4.69) is 5.32 Å². The van der Waals surface area contributed by atoms with Gasteiger partial charge in [0.15, 0.2) is 0 Å². The molecule has 0 radical (unpaired) electrons. The lowest BCUT2D eigenvalue weighted by Crippen LogP contribution is -2.39. The lowest BCUT2D eigenvalue weighted by Gasteiger charge is -2.18. The number of rotatable bonds is 8. The first-order valence-electron chi connectivity index (χ1n) is 8.05. The molecule has 0 aromatic heterocycles. The molecule has 0 saturated carbocycles. The number of nitrogens with one attached hydrogen (secondary N) is 1. The first kappa shape index (κ1) is 19.2. The van der Waals surface area contributed by atoms with Gasteiger partial charge in [-0.05, 0) is 36.4 Å². The van der Waals surface area contributed by atoms with Gasteiger partial charge in [0.1, 0.15) is 23.9 Å². The van der Waals surface area contributed by atoms with Crippen LogP contribution in [0.25, 0.3) is 0 Å². The third-order valence-electron chi connectivity index (χ3n) is 3.70. The summed E-state index contributed by atoms with van der Waals surface area (Å²) >= 11 is 0. The number of hydrogen-bond acceptors (Lipinski definition) is 4. The summed E-state index contributed by atoms with van der Waals surface area (Å²) in [5.41, 5.74) is -0.0919. The topological polar surface area (TPSA) is 67.9 Å². The highest BCUT2D eigenvalue weighted by atomic mass is 19.1. The monoisotopic (exact) mass is 360 g/mol. The van der Waals surface area contributed by atoms with E-state index in [9.17, 15) is 14.0 Å². The van der Waals surface area contributed by atoms with E-state index in [0.29, 0.717) is 18.9 Å². The van der Waals surface area contributed by atoms with Gasteiger partial charge in [0, 0.05) is 7.05 Å². The van der Waals surface area contributed by atoms with Crippen molar-refractivity contribution < 1.29 is 23.5 Å². The van der Waals surface area contributed by atoms with Crippen molar-refractivity contribution in [2.45, 2.75) is 0 Å². The van der Waals surface area contributed by atoms with Crippen LogP contribution in [0.1, 0.15) is 10.4 Å². The number of hydrogen-bond donors (Lipinski definition) is 1. The van der Waals surface area contributed by atoms with Crippen molar-refractivity contribution in [3.63, 3.8) is 0 Å². The van der Waals surface area contributed by atoms with Gasteiger partial charge in [-0.1, -0.05) is 12.1 Å². The Labute approximate surface area is 151 Å². The standard InChI is InChI=1S/C19H21FN2O4/c1-22(11-12-26-15-9-7-14(25-2)8-10-15)18(23)13-21-19(24)16-5-3-4-6-17(16)20/h3-10H,11-13H2,1-2H3,(H,21,24). The van der Waals surface area contributed by atoms with Gasteiger partial charge >= 0.3 is 0 Å². The second-order valence-electron chi connectivity index (χ2n) is 5.50. The molecule has 0 aliphatic heterocycles. The van der Waals surface area contributed by atoms with Crippen LogP contribution in [0.15, 0.2) is 48.5 Å². The van der Waals surface area contributed by atoms with Crippen molar-refractivity contribution in [3.05, 3.63) is 59.9 Å². The summed E-state index contributed by atoms with van der Waals surface area (Å²) in [4.78, 5) is 25.4. The Morgan fingerprint density at radius 1 is 1.08 bits per heavy atom. The van der Waals surface area contributed by atoms with E-state index in [-0.39, 0.29) is 18.0 Å². The number of nitrogens with zero attached hydrogens (tertiary/aromatic N) is 1. The molecule has 2 amide bonds. The van der Waals surface area contributed by atoms with Gasteiger partial charge in [0.05, 0.1) is 25.8 Å². The molecule has 2 aromatic carbocycles. The number of benzene rings is 2. The summed E-state index contributed by atoms with van der Waals surface area (Å²) < 4.78 is 24.1. The Balaban J connectivity index is 1.73. The second kappa shape index (κ2) is 9.41. The molecule has 0 heterocycles. The highest BCUT2D eigenvalue weighted by Gasteiger charge is 2.14. The van der Waals surface area contributed by atoms with Gasteiger partial charge in [-0.2, -0.15) is 0 Å². The van der Waals surface area contributed by atoms with E-state index >= 15 is 0 Å². The van der Waals surface area contributed by atoms with E-state index in [0.717, 1.165) is 5.75 Å². The largest absolute Gasteiger partial charge is 0.497 e. The van der Waals surface area contributed by atoms with E-state index in [1.807, 2.05) is 0 Å². The van der Waals surface area contributed by atoms with Crippen LogP contribution in [0.5, 0.6) is 11.5 Å². The van der Waals surface area contributed by atoms with Gasteiger partial charge in [0.2, 0.25) is 5.91 Å². The number of methoxy groups -OCH3 is 1. The molecule has 0 spiro atoms. The van der Waals surface area contributed by atoms with Crippen molar-refractivity contribution in [1.29, 1.82) is 0 Å². The number of halogens is 1. The second-order valence-corrected chi connectivity index (χ2v) is 5.50. The molecule has 7 heteroatoms. The van der Waals surface area contributed by atoms with Crippen LogP contribution in [-0.4, -0.2) is 50.6 Å². The van der Waals surface area contributed by atoms with Crippen molar-refractivity contribution in [1.82, 2.24) is 10.2 Å². The van der Waals surface area contributed by atoms with Crippen molar-refractivity contribution in [2.24, 2.45) is 0 Å². The van der Waals surface area contributed by atoms with Gasteiger partial charge in [-0.15, -0.1) is 0 Å². The van der Waals surface area contributed by atoms with Crippen molar-refractivity contribution >= 4 is 11.8 Å². The van der Waals surface area contributed by atoms with Crippen LogP contribution < -0.4 is 14.8 Å². The number of amides is 2. The average molecular weight is 360 g/mol. The van der Waals surface area contributed by atoms with E-state index < -0.39 is 11.7 Å². The van der Waals surface area contributed by atoms with Gasteiger partial charge in [-0.25, -0.2) is 4.39 Å². The quantitative estimate of drug-likeness (QED) is 0.783. The normalized spacial score (nSPS) is 10.1. The number of carbonyl (C=O) groups excluding carboxylic acids is 2. The zero-order chi connectivity index (χ0) is 18.9. The number of carbonyl (C=O) groups is 2. The SMILES string of the molecule is COc1ccc(OCCN(C)C(=O)CNC(=O)c2ccccc2F)cc1. The maximum atomic E-state index is 13.5. The Hall–Kier alpha value is -3.09. The molecule has 0 unspecified atom stereocenters. The van der Waals surface area contributed by atoms with Crippen LogP contribution in [-0.2, 0) is 4.79 Å². The predicted octanol–water partition coefficient (Wildman–Crippen LogP) is 2.10. The molecular formula is C19H21FN2O4. The summed E-state index contributed by atoms with van der Waals surface area (Å²) in [6, 6.07) is 12.7. The molecule has 0 aliphatic carbocycles. The molecule has 0 fully saturated rings. The summed E-state index contributed by atoms with van der Waals surface area (Å²) in [5.74, 6) is -0.152. The molecule has 0 aliphatic rings. The third kappa shape index (κ3) is 5.47. The fourth-order valence-corrected chi connectivity index (χ4v) is 2.13. The predicted molar refractivity (Wildman–Crippen MR) is 94.9 cm³/mol. The van der Waals surface area contributed by atoms with Crippen molar-refractivity contribution in [3.8, 4) is 11.5 Å². The van der Waals surface area contributed by atoms with Crippen LogP contribution in [0.3, 0.4) is 0 Å². The van der Waals surface area contributed by atoms with Crippen LogP contribution >= 0.6 is 0 Å². The van der Waals surface area contributed by atoms with Gasteiger partial charge in [-0.3, -0.25) is 9.59 Å². The summed E-state index contributed by atoms with van der Waals surface area (Å²) in [6.07, 6.45) is 0. The minimum Gasteiger partial charge on any atom is -0.497 e. The van der Waals surface area contributed by atoms with Gasteiger partial charge < -0.3 is 19.7 Å². The summed E-state index contributed by atoms with van der Waals surface area (Å²) in [5, 5.41) is 2.42. The van der Waals surface area contributed by atoms with E-state index in [1.54, 1.807) is 44.5 Å². The molecule has 138 valence electrons. The van der Waals surface area contributed by atoms with E-state index in [1.165, 1.54) is 23.1 Å².